The molecule has 244 valence electrons. The van der Waals surface area contributed by atoms with Crippen molar-refractivity contribution in [2.24, 2.45) is 0 Å². The molecule has 3 heterocycles. The predicted molar refractivity (Wildman–Crippen MR) is 185 cm³/mol. The van der Waals surface area contributed by atoms with Crippen molar-refractivity contribution in [1.82, 2.24) is 18.7 Å². The molecular weight excluding hydrogens is 725 g/mol. The first-order valence-corrected chi connectivity index (χ1v) is 17.2. The van der Waals surface area contributed by atoms with Crippen LogP contribution in [0.15, 0.2) is 59.7 Å². The molecule has 5 aromatic carbocycles. The van der Waals surface area contributed by atoms with E-state index in [0.29, 0.717) is 41.5 Å². The number of halogens is 4. The van der Waals surface area contributed by atoms with Crippen molar-refractivity contribution in [2.75, 3.05) is 0 Å². The normalized spacial score (nSPS) is 14.4. The highest BCUT2D eigenvalue weighted by Crippen LogP contribution is 2.42. The second-order valence-electron chi connectivity index (χ2n) is 11.9. The monoisotopic (exact) mass is 734 g/mol. The summed E-state index contributed by atoms with van der Waals surface area (Å²) >= 11 is 3.28. The summed E-state index contributed by atoms with van der Waals surface area (Å²) in [5.41, 5.74) is 1.74. The quantitative estimate of drug-likeness (QED) is 0.0983. The summed E-state index contributed by atoms with van der Waals surface area (Å²) < 4.78 is 65.6. The Morgan fingerprint density at radius 3 is 1.08 bits per heavy atom. The maximum Gasteiger partial charge on any atom is 0.197 e. The zero-order valence-corrected chi connectivity index (χ0v) is 27.4. The van der Waals surface area contributed by atoms with Crippen LogP contribution in [0.25, 0.3) is 65.2 Å². The molecule has 2 aliphatic rings. The van der Waals surface area contributed by atoms with Gasteiger partial charge in [0.1, 0.15) is 32.1 Å². The van der Waals surface area contributed by atoms with Crippen LogP contribution < -0.4 is 0 Å². The van der Waals surface area contributed by atoms with Crippen molar-refractivity contribution >= 4 is 123 Å². The molecular formula is C36H10F4N4O4S3. The van der Waals surface area contributed by atoms with Gasteiger partial charge in [-0.3, -0.25) is 19.2 Å². The minimum atomic E-state index is -1.07. The van der Waals surface area contributed by atoms with Gasteiger partial charge in [-0.25, -0.2) is 27.5 Å². The van der Waals surface area contributed by atoms with E-state index in [1.54, 1.807) is 0 Å². The Bertz CT molecular complexity index is 2790. The van der Waals surface area contributed by atoms with Crippen molar-refractivity contribution in [1.29, 1.82) is 0 Å². The molecule has 10 rings (SSSR count). The minimum absolute atomic E-state index is 0.0741. The fourth-order valence-electron chi connectivity index (χ4n) is 6.56. The van der Waals surface area contributed by atoms with Crippen molar-refractivity contribution in [3.8, 4) is 0 Å². The van der Waals surface area contributed by atoms with Crippen LogP contribution >= 0.6 is 34.4 Å². The highest BCUT2D eigenvalue weighted by Gasteiger charge is 2.36. The number of thiazole rings is 2. The molecule has 2 aliphatic carbocycles. The number of allylic oxidation sites excluding steroid dienone is 2. The zero-order chi connectivity index (χ0) is 35.0. The van der Waals surface area contributed by atoms with Crippen molar-refractivity contribution in [3.63, 3.8) is 0 Å². The van der Waals surface area contributed by atoms with E-state index < -0.39 is 46.4 Å². The Morgan fingerprint density at radius 1 is 0.451 bits per heavy atom. The molecule has 0 amide bonds. The Kier molecular flexibility index (Phi) is 6.06. The van der Waals surface area contributed by atoms with E-state index in [1.807, 2.05) is 0 Å². The number of fused-ring (bicyclic) bond motifs is 10. The average molecular weight is 735 g/mol. The zero-order valence-electron chi connectivity index (χ0n) is 24.9. The van der Waals surface area contributed by atoms with Crippen LogP contribution in [0.3, 0.4) is 0 Å². The van der Waals surface area contributed by atoms with Crippen LogP contribution in [0.5, 0.6) is 0 Å². The number of Topliss-reactive ketones (excluding diaryl/α,β-unsaturated/α-hetero) is 4. The molecule has 8 nitrogen and oxygen atoms in total. The maximum absolute atomic E-state index is 13.9. The maximum atomic E-state index is 13.9. The van der Waals surface area contributed by atoms with Gasteiger partial charge in [0.05, 0.1) is 32.3 Å². The fraction of sp³-hybridized carbons (Fsp3) is 0. The number of hydrogen-bond donors (Lipinski definition) is 0. The van der Waals surface area contributed by atoms with Crippen LogP contribution in [0.1, 0.15) is 51.4 Å². The van der Waals surface area contributed by atoms with Gasteiger partial charge < -0.3 is 0 Å². The molecule has 8 aromatic rings. The van der Waals surface area contributed by atoms with E-state index in [2.05, 4.69) is 18.7 Å². The van der Waals surface area contributed by atoms with E-state index in [1.165, 1.54) is 59.1 Å². The average Bonchev–Trinajstić information content (AvgIpc) is 3.92. The lowest BCUT2D eigenvalue weighted by atomic mass is 10.0. The number of nitrogens with zero attached hydrogens (tertiary/aromatic N) is 4. The van der Waals surface area contributed by atoms with Crippen molar-refractivity contribution in [2.45, 2.75) is 0 Å². The molecule has 0 saturated heterocycles. The summed E-state index contributed by atoms with van der Waals surface area (Å²) in [6, 6.07) is 9.36. The summed E-state index contributed by atoms with van der Waals surface area (Å²) in [4.78, 5) is 63.0. The molecule has 3 aromatic heterocycles. The van der Waals surface area contributed by atoms with E-state index in [0.717, 1.165) is 36.0 Å². The second-order valence-corrected chi connectivity index (χ2v) is 14.5. The van der Waals surface area contributed by atoms with Gasteiger partial charge in [0.2, 0.25) is 0 Å². The van der Waals surface area contributed by atoms with E-state index in [-0.39, 0.29) is 54.9 Å². The van der Waals surface area contributed by atoms with Gasteiger partial charge in [-0.1, -0.05) is 0 Å². The van der Waals surface area contributed by atoms with Gasteiger partial charge in [-0.05, 0) is 82.2 Å². The molecule has 0 atom stereocenters. The third kappa shape index (κ3) is 4.22. The smallest absolute Gasteiger partial charge is 0.197 e. The predicted octanol–water partition coefficient (Wildman–Crippen LogP) is 8.70. The number of carbonyl (C=O) groups is 4. The first-order chi connectivity index (χ1) is 24.5. The van der Waals surface area contributed by atoms with Crippen LogP contribution in [0, 0.1) is 23.3 Å². The van der Waals surface area contributed by atoms with Gasteiger partial charge in [-0.2, -0.15) is 8.75 Å². The highest BCUT2D eigenvalue weighted by molar-refractivity contribution is 7.27. The van der Waals surface area contributed by atoms with Crippen LogP contribution in [0.2, 0.25) is 0 Å². The highest BCUT2D eigenvalue weighted by atomic mass is 32.1. The van der Waals surface area contributed by atoms with E-state index in [9.17, 15) is 36.7 Å². The lowest BCUT2D eigenvalue weighted by Gasteiger charge is -2.02. The Morgan fingerprint density at radius 2 is 0.765 bits per heavy atom. The van der Waals surface area contributed by atoms with Gasteiger partial charge >= 0.3 is 0 Å². The van der Waals surface area contributed by atoms with Crippen LogP contribution in [0.4, 0.5) is 17.6 Å². The van der Waals surface area contributed by atoms with Crippen LogP contribution in [-0.2, 0) is 0 Å². The standard InChI is InChI=1S/C36H10F4N4O4S3/c37-21-5-11-1-15-16(2-12(11)6-22(21)38)32(46)19(31(15)45)9-25-41-29-27-28(44-51-43-27)30-36(35(29)49-25)50-26(42-30)10-20-33(47)17-3-13-7-23(39)24(40)8-14(13)4-18(17)34(20)48/h1-10H. The minimum Gasteiger partial charge on any atom is -0.288 e. The van der Waals surface area contributed by atoms with Gasteiger partial charge in [-0.15, -0.1) is 22.7 Å². The summed E-state index contributed by atoms with van der Waals surface area (Å²) in [7, 11) is 0. The second kappa shape index (κ2) is 10.3. The fourth-order valence-corrected chi connectivity index (χ4v) is 9.26. The van der Waals surface area contributed by atoms with Gasteiger partial charge in [0, 0.05) is 22.3 Å². The third-order valence-corrected chi connectivity index (χ3v) is 11.7. The lowest BCUT2D eigenvalue weighted by Crippen LogP contribution is -2.00. The number of benzene rings is 5. The summed E-state index contributed by atoms with van der Waals surface area (Å²) in [6.45, 7) is 0. The molecule has 51 heavy (non-hydrogen) atoms. The number of ketones is 4. The molecule has 0 unspecified atom stereocenters. The summed E-state index contributed by atoms with van der Waals surface area (Å²) in [6.07, 6.45) is 2.74. The van der Waals surface area contributed by atoms with Gasteiger partial charge in [0.25, 0.3) is 0 Å². The van der Waals surface area contributed by atoms with E-state index >= 15 is 0 Å². The Hall–Kier alpha value is -5.90. The molecule has 0 N–H and O–H groups in total. The first kappa shape index (κ1) is 30.0. The number of aromatic nitrogens is 4. The largest absolute Gasteiger partial charge is 0.288 e. The number of hydrogen-bond acceptors (Lipinski definition) is 11. The molecule has 0 fully saturated rings. The topological polar surface area (TPSA) is 120 Å². The molecule has 0 radical (unpaired) electrons. The molecule has 15 heteroatoms. The summed E-state index contributed by atoms with van der Waals surface area (Å²) in [5.74, 6) is -6.59. The SMILES string of the molecule is O=C1C(=Cc2nc3c4nsnc4c4nc(C=C5C(=O)c6cc7cc(F)c(F)cc7cc6C5=O)sc4c3s2)C(=O)c2cc3cc(F)c(F)cc3cc21. The Labute approximate surface area is 292 Å². The molecule has 0 aliphatic heterocycles. The first-order valence-electron chi connectivity index (χ1n) is 14.9. The number of carbonyl (C=O) groups excluding carboxylic acids is 4. The molecule has 0 bridgehead atoms. The van der Waals surface area contributed by atoms with Crippen molar-refractivity contribution < 1.29 is 36.7 Å². The summed E-state index contributed by atoms with van der Waals surface area (Å²) in [5, 5.41) is 1.71. The molecule has 0 spiro atoms. The van der Waals surface area contributed by atoms with Crippen molar-refractivity contribution in [3.05, 3.63) is 115 Å². The van der Waals surface area contributed by atoms with E-state index in [4.69, 9.17) is 0 Å². The lowest BCUT2D eigenvalue weighted by molar-refractivity contribution is 0.0975. The number of rotatable bonds is 2. The third-order valence-electron chi connectivity index (χ3n) is 8.95. The van der Waals surface area contributed by atoms with Crippen LogP contribution in [-0.4, -0.2) is 41.8 Å². The molecule has 0 saturated carbocycles. The Balaban J connectivity index is 1.07. The van der Waals surface area contributed by atoms with Gasteiger partial charge in [0.15, 0.2) is 46.4 Å².